The third-order valence-corrected chi connectivity index (χ3v) is 6.72. The first-order valence-corrected chi connectivity index (χ1v) is 12.5. The molecular weight excluding hydrogens is 460 g/mol. The SMILES string of the molecule is CC(OC(=O)c1ccc2c(=O)n3c(nc2c1)CCCCC3)C(=O)Nc1ccc(N2CCOCC2)cc1. The highest BCUT2D eigenvalue weighted by molar-refractivity contribution is 5.98. The van der Waals surface area contributed by atoms with Gasteiger partial charge in [0.15, 0.2) is 6.10 Å². The number of benzene rings is 2. The largest absolute Gasteiger partial charge is 0.449 e. The van der Waals surface area contributed by atoms with Gasteiger partial charge in [0.2, 0.25) is 0 Å². The molecule has 1 amide bonds. The fraction of sp³-hybridized carbons (Fsp3) is 0.407. The van der Waals surface area contributed by atoms with Crippen molar-refractivity contribution in [1.29, 1.82) is 0 Å². The van der Waals surface area contributed by atoms with Crippen molar-refractivity contribution in [1.82, 2.24) is 9.55 Å². The molecule has 1 aromatic heterocycles. The van der Waals surface area contributed by atoms with Crippen LogP contribution in [0, 0.1) is 0 Å². The number of carbonyl (C=O) groups is 2. The Morgan fingerprint density at radius 1 is 1.03 bits per heavy atom. The zero-order valence-electron chi connectivity index (χ0n) is 20.4. The van der Waals surface area contributed by atoms with Crippen LogP contribution in [0.1, 0.15) is 42.4 Å². The van der Waals surface area contributed by atoms with Gasteiger partial charge < -0.3 is 19.7 Å². The molecular formula is C27H30N4O5. The van der Waals surface area contributed by atoms with Gasteiger partial charge in [0, 0.05) is 37.4 Å². The third-order valence-electron chi connectivity index (χ3n) is 6.72. The van der Waals surface area contributed by atoms with Crippen LogP contribution in [-0.4, -0.2) is 53.8 Å². The van der Waals surface area contributed by atoms with Crippen LogP contribution in [0.15, 0.2) is 47.3 Å². The number of amides is 1. The van der Waals surface area contributed by atoms with Gasteiger partial charge in [-0.3, -0.25) is 14.2 Å². The van der Waals surface area contributed by atoms with Crippen LogP contribution in [0.25, 0.3) is 10.9 Å². The second kappa shape index (κ2) is 10.5. The molecule has 3 heterocycles. The van der Waals surface area contributed by atoms with Crippen molar-refractivity contribution < 1.29 is 19.1 Å². The number of hydrogen-bond acceptors (Lipinski definition) is 7. The van der Waals surface area contributed by atoms with E-state index in [4.69, 9.17) is 9.47 Å². The fourth-order valence-electron chi connectivity index (χ4n) is 4.65. The zero-order valence-corrected chi connectivity index (χ0v) is 20.4. The minimum Gasteiger partial charge on any atom is -0.449 e. The molecule has 0 saturated carbocycles. The Hall–Kier alpha value is -3.72. The standard InChI is InChI=1S/C27H30N4O5/c1-18(25(32)28-20-7-9-21(10-8-20)30-13-15-35-16-14-30)36-27(34)19-6-11-22-23(17-19)29-24-5-3-2-4-12-31(24)26(22)33/h6-11,17-18H,2-5,12-16H2,1H3,(H,28,32). The van der Waals surface area contributed by atoms with E-state index in [0.717, 1.165) is 50.3 Å². The highest BCUT2D eigenvalue weighted by atomic mass is 16.5. The van der Waals surface area contributed by atoms with Gasteiger partial charge in [-0.15, -0.1) is 0 Å². The van der Waals surface area contributed by atoms with Crippen molar-refractivity contribution in [2.45, 2.75) is 45.3 Å². The van der Waals surface area contributed by atoms with Gasteiger partial charge in [-0.25, -0.2) is 9.78 Å². The van der Waals surface area contributed by atoms with E-state index in [2.05, 4.69) is 15.2 Å². The molecule has 188 valence electrons. The molecule has 3 aromatic rings. The van der Waals surface area contributed by atoms with Gasteiger partial charge >= 0.3 is 5.97 Å². The highest BCUT2D eigenvalue weighted by Gasteiger charge is 2.21. The third kappa shape index (κ3) is 5.11. The Morgan fingerprint density at radius 2 is 1.81 bits per heavy atom. The van der Waals surface area contributed by atoms with Crippen molar-refractivity contribution in [3.63, 3.8) is 0 Å². The fourth-order valence-corrected chi connectivity index (χ4v) is 4.65. The van der Waals surface area contributed by atoms with Gasteiger partial charge in [-0.05, 0) is 62.2 Å². The number of carbonyl (C=O) groups excluding carboxylic acids is 2. The number of aryl methyl sites for hydroxylation is 1. The van der Waals surface area contributed by atoms with E-state index in [1.165, 1.54) is 6.92 Å². The lowest BCUT2D eigenvalue weighted by molar-refractivity contribution is -0.123. The maximum absolute atomic E-state index is 12.9. The van der Waals surface area contributed by atoms with Gasteiger partial charge in [0.05, 0.1) is 29.7 Å². The molecule has 2 aliphatic rings. The van der Waals surface area contributed by atoms with E-state index in [1.54, 1.807) is 22.8 Å². The smallest absolute Gasteiger partial charge is 0.338 e. The maximum atomic E-state index is 12.9. The first kappa shape index (κ1) is 24.0. The number of nitrogens with one attached hydrogen (secondary N) is 1. The summed E-state index contributed by atoms with van der Waals surface area (Å²) in [4.78, 5) is 45.2. The molecule has 2 aliphatic heterocycles. The molecule has 0 aliphatic carbocycles. The summed E-state index contributed by atoms with van der Waals surface area (Å²) in [6.45, 7) is 5.27. The summed E-state index contributed by atoms with van der Waals surface area (Å²) in [5.41, 5.74) is 2.33. The minimum absolute atomic E-state index is 0.0794. The average Bonchev–Trinajstić information content (AvgIpc) is 3.15. The topological polar surface area (TPSA) is 103 Å². The van der Waals surface area contributed by atoms with Crippen LogP contribution in [0.3, 0.4) is 0 Å². The van der Waals surface area contributed by atoms with E-state index in [-0.39, 0.29) is 11.1 Å². The molecule has 1 N–H and O–H groups in total. The summed E-state index contributed by atoms with van der Waals surface area (Å²) in [5.74, 6) is -0.313. The van der Waals surface area contributed by atoms with Crippen molar-refractivity contribution in [2.24, 2.45) is 0 Å². The lowest BCUT2D eigenvalue weighted by Crippen LogP contribution is -2.36. The quantitative estimate of drug-likeness (QED) is 0.548. The minimum atomic E-state index is -1.00. The monoisotopic (exact) mass is 490 g/mol. The van der Waals surface area contributed by atoms with E-state index < -0.39 is 18.0 Å². The van der Waals surface area contributed by atoms with E-state index >= 15 is 0 Å². The number of anilines is 2. The number of hydrogen-bond donors (Lipinski definition) is 1. The van der Waals surface area contributed by atoms with Gasteiger partial charge in [-0.2, -0.15) is 0 Å². The van der Waals surface area contributed by atoms with Crippen molar-refractivity contribution in [2.75, 3.05) is 36.5 Å². The lowest BCUT2D eigenvalue weighted by Gasteiger charge is -2.28. The number of fused-ring (bicyclic) bond motifs is 2. The summed E-state index contributed by atoms with van der Waals surface area (Å²) >= 11 is 0. The number of ether oxygens (including phenoxy) is 2. The molecule has 36 heavy (non-hydrogen) atoms. The summed E-state index contributed by atoms with van der Waals surface area (Å²) in [6.07, 6.45) is 2.75. The van der Waals surface area contributed by atoms with Crippen LogP contribution in [0.4, 0.5) is 11.4 Å². The van der Waals surface area contributed by atoms with Crippen molar-refractivity contribution in [3.05, 3.63) is 64.2 Å². The van der Waals surface area contributed by atoms with Crippen LogP contribution in [0.2, 0.25) is 0 Å². The van der Waals surface area contributed by atoms with Crippen LogP contribution in [-0.2, 0) is 27.2 Å². The highest BCUT2D eigenvalue weighted by Crippen LogP contribution is 2.20. The molecule has 1 fully saturated rings. The number of nitrogens with zero attached hydrogens (tertiary/aromatic N) is 3. The summed E-state index contributed by atoms with van der Waals surface area (Å²) in [5, 5.41) is 3.27. The number of aromatic nitrogens is 2. The van der Waals surface area contributed by atoms with E-state index in [9.17, 15) is 14.4 Å². The Bertz CT molecular complexity index is 1330. The normalized spacial score (nSPS) is 16.6. The van der Waals surface area contributed by atoms with Crippen LogP contribution in [0.5, 0.6) is 0 Å². The molecule has 9 heteroatoms. The van der Waals surface area contributed by atoms with E-state index in [1.807, 2.05) is 24.3 Å². The van der Waals surface area contributed by atoms with Gasteiger partial charge in [-0.1, -0.05) is 6.42 Å². The van der Waals surface area contributed by atoms with Crippen molar-refractivity contribution in [3.8, 4) is 0 Å². The van der Waals surface area contributed by atoms with Crippen LogP contribution < -0.4 is 15.8 Å². The van der Waals surface area contributed by atoms with Gasteiger partial charge in [0.25, 0.3) is 11.5 Å². The molecule has 2 aromatic carbocycles. The first-order chi connectivity index (χ1) is 17.5. The molecule has 5 rings (SSSR count). The summed E-state index contributed by atoms with van der Waals surface area (Å²) in [6, 6.07) is 12.3. The average molecular weight is 491 g/mol. The number of esters is 1. The predicted molar refractivity (Wildman–Crippen MR) is 137 cm³/mol. The molecule has 9 nitrogen and oxygen atoms in total. The first-order valence-electron chi connectivity index (χ1n) is 12.5. The Morgan fingerprint density at radius 3 is 2.58 bits per heavy atom. The van der Waals surface area contributed by atoms with E-state index in [0.29, 0.717) is 36.3 Å². The van der Waals surface area contributed by atoms with Gasteiger partial charge in [0.1, 0.15) is 5.82 Å². The Balaban J connectivity index is 1.24. The molecule has 0 bridgehead atoms. The zero-order chi connectivity index (χ0) is 25.1. The van der Waals surface area contributed by atoms with Crippen LogP contribution >= 0.6 is 0 Å². The second-order valence-corrected chi connectivity index (χ2v) is 9.21. The summed E-state index contributed by atoms with van der Waals surface area (Å²) < 4.78 is 12.5. The Kier molecular flexibility index (Phi) is 6.99. The summed E-state index contributed by atoms with van der Waals surface area (Å²) in [7, 11) is 0. The molecule has 1 unspecified atom stereocenters. The predicted octanol–water partition coefficient (Wildman–Crippen LogP) is 3.14. The second-order valence-electron chi connectivity index (χ2n) is 9.21. The van der Waals surface area contributed by atoms with Crippen molar-refractivity contribution >= 4 is 34.2 Å². The molecule has 1 saturated heterocycles. The Labute approximate surface area is 209 Å². The maximum Gasteiger partial charge on any atom is 0.338 e. The number of rotatable bonds is 5. The number of morpholine rings is 1. The molecule has 1 atom stereocenters. The molecule has 0 radical (unpaired) electrons. The molecule has 0 spiro atoms. The lowest BCUT2D eigenvalue weighted by atomic mass is 10.1.